The minimum atomic E-state index is -1.29. The van der Waals surface area contributed by atoms with E-state index in [2.05, 4.69) is 30.7 Å². The van der Waals surface area contributed by atoms with Gasteiger partial charge in [0.05, 0.1) is 24.7 Å². The van der Waals surface area contributed by atoms with E-state index in [9.17, 15) is 15.3 Å². The summed E-state index contributed by atoms with van der Waals surface area (Å²) in [5, 5.41) is 42.0. The molecule has 0 unspecified atom stereocenters. The van der Waals surface area contributed by atoms with E-state index in [-0.39, 0.29) is 18.6 Å². The Hall–Kier alpha value is -3.62. The Morgan fingerprint density at radius 1 is 1.16 bits per heavy atom. The highest BCUT2D eigenvalue weighted by Crippen LogP contribution is 2.40. The number of nitrogens with two attached hydrogens (primary N) is 1. The van der Waals surface area contributed by atoms with Crippen LogP contribution < -0.4 is 16.4 Å². The van der Waals surface area contributed by atoms with Crippen molar-refractivity contribution >= 4 is 22.9 Å². The third kappa shape index (κ3) is 5.19. The Labute approximate surface area is 218 Å². The number of aliphatic hydroxyl groups excluding tert-OH is 3. The van der Waals surface area contributed by atoms with Gasteiger partial charge in [-0.2, -0.15) is 9.97 Å². The molecular weight excluding hydrogens is 492 g/mol. The molecule has 1 aliphatic rings. The molecule has 13 heteroatoms. The predicted molar refractivity (Wildman–Crippen MR) is 138 cm³/mol. The van der Waals surface area contributed by atoms with E-state index in [0.29, 0.717) is 48.7 Å². The summed E-state index contributed by atoms with van der Waals surface area (Å²) >= 11 is 0. The van der Waals surface area contributed by atoms with Gasteiger partial charge < -0.3 is 40.9 Å². The van der Waals surface area contributed by atoms with E-state index >= 15 is 0 Å². The minimum absolute atomic E-state index is 0.137. The van der Waals surface area contributed by atoms with E-state index in [4.69, 9.17) is 15.0 Å². The number of nitrogens with one attached hydrogen (secondary N) is 2. The second-order valence-corrected chi connectivity index (χ2v) is 9.15. The molecule has 5 rings (SSSR count). The lowest BCUT2D eigenvalue weighted by molar-refractivity contribution is -0.0434. The number of anilines is 2. The molecule has 0 spiro atoms. The SMILES string of the molecule is CCc1cc([C@H]2O[C@@H](n3cnc4c(N[C@H](CO)Cc5ccccc5)nc(NCCN)nc43)[C@H](O)[C@@H]2O)on1. The molecule has 3 aromatic heterocycles. The first-order chi connectivity index (χ1) is 18.5. The number of nitrogens with zero attached hydrogens (tertiary/aromatic N) is 5. The van der Waals surface area contributed by atoms with Crippen molar-refractivity contribution in [2.24, 2.45) is 5.73 Å². The molecule has 1 aromatic carbocycles. The first kappa shape index (κ1) is 26.0. The number of rotatable bonds is 11. The van der Waals surface area contributed by atoms with Gasteiger partial charge in [0.1, 0.15) is 18.3 Å². The van der Waals surface area contributed by atoms with Gasteiger partial charge in [-0.15, -0.1) is 0 Å². The fraction of sp³-hybridized carbons (Fsp3) is 0.440. The van der Waals surface area contributed by atoms with Crippen molar-refractivity contribution in [1.29, 1.82) is 0 Å². The number of aliphatic hydroxyl groups is 3. The molecular formula is C25H32N8O5. The van der Waals surface area contributed by atoms with Crippen LogP contribution >= 0.6 is 0 Å². The highest BCUT2D eigenvalue weighted by atomic mass is 16.6. The van der Waals surface area contributed by atoms with Crippen LogP contribution in [0.5, 0.6) is 0 Å². The highest BCUT2D eigenvalue weighted by molar-refractivity contribution is 5.84. The summed E-state index contributed by atoms with van der Waals surface area (Å²) in [5.41, 5.74) is 8.21. The first-order valence-electron chi connectivity index (χ1n) is 12.6. The molecule has 0 amide bonds. The number of hydrogen-bond donors (Lipinski definition) is 6. The maximum absolute atomic E-state index is 10.9. The lowest BCUT2D eigenvalue weighted by atomic mass is 10.1. The smallest absolute Gasteiger partial charge is 0.226 e. The van der Waals surface area contributed by atoms with Gasteiger partial charge in [-0.05, 0) is 18.4 Å². The molecule has 0 bridgehead atoms. The van der Waals surface area contributed by atoms with Crippen LogP contribution in [0.2, 0.25) is 0 Å². The van der Waals surface area contributed by atoms with Crippen molar-refractivity contribution in [2.75, 3.05) is 30.3 Å². The van der Waals surface area contributed by atoms with Gasteiger partial charge in [0.2, 0.25) is 5.95 Å². The maximum atomic E-state index is 10.9. The van der Waals surface area contributed by atoms with Crippen molar-refractivity contribution in [3.05, 3.63) is 59.7 Å². The maximum Gasteiger partial charge on any atom is 0.226 e. The van der Waals surface area contributed by atoms with Crippen LogP contribution in [0.25, 0.3) is 11.2 Å². The normalized spacial score (nSPS) is 22.1. The standard InChI is InChI=1S/C25H32N8O5/c1-2-15-11-17(38-32-15)21-19(35)20(36)24(37-21)33-13-28-18-22(30-25(27-9-8-26)31-23(18)33)29-16(12-34)10-14-6-4-3-5-7-14/h3-7,11,13,16,19-21,24,34-36H,2,8-10,12,26H2,1H3,(H2,27,29,30,31)/t16-,19-,20+,21+,24+/m0/s1. The van der Waals surface area contributed by atoms with Gasteiger partial charge in [0.15, 0.2) is 29.0 Å². The second-order valence-electron chi connectivity index (χ2n) is 9.15. The fourth-order valence-electron chi connectivity index (χ4n) is 4.47. The third-order valence-corrected chi connectivity index (χ3v) is 6.47. The molecule has 7 N–H and O–H groups in total. The van der Waals surface area contributed by atoms with Crippen LogP contribution in [-0.4, -0.2) is 77.9 Å². The molecule has 1 saturated heterocycles. The summed E-state index contributed by atoms with van der Waals surface area (Å²) in [5.74, 6) is 1.01. The lowest BCUT2D eigenvalue weighted by Crippen LogP contribution is -2.29. The third-order valence-electron chi connectivity index (χ3n) is 6.47. The van der Waals surface area contributed by atoms with Crippen molar-refractivity contribution < 1.29 is 24.6 Å². The molecule has 4 heterocycles. The van der Waals surface area contributed by atoms with Crippen LogP contribution in [0.4, 0.5) is 11.8 Å². The molecule has 0 saturated carbocycles. The van der Waals surface area contributed by atoms with Crippen LogP contribution in [0, 0.1) is 0 Å². The Bertz CT molecular complexity index is 1350. The van der Waals surface area contributed by atoms with Gasteiger partial charge in [0, 0.05) is 19.2 Å². The van der Waals surface area contributed by atoms with Crippen LogP contribution in [0.1, 0.15) is 36.3 Å². The number of imidazole rings is 1. The predicted octanol–water partition coefficient (Wildman–Crippen LogP) is 0.755. The lowest BCUT2D eigenvalue weighted by Gasteiger charge is -2.19. The van der Waals surface area contributed by atoms with E-state index < -0.39 is 24.5 Å². The van der Waals surface area contributed by atoms with Crippen molar-refractivity contribution in [2.45, 2.75) is 50.3 Å². The molecule has 0 aliphatic carbocycles. The highest BCUT2D eigenvalue weighted by Gasteiger charge is 2.47. The average Bonchev–Trinajstić information content (AvgIpc) is 3.66. The molecule has 4 aromatic rings. The molecule has 13 nitrogen and oxygen atoms in total. The Morgan fingerprint density at radius 3 is 2.68 bits per heavy atom. The molecule has 1 fully saturated rings. The molecule has 5 atom stereocenters. The van der Waals surface area contributed by atoms with Gasteiger partial charge in [0.25, 0.3) is 0 Å². The summed E-state index contributed by atoms with van der Waals surface area (Å²) in [6.45, 7) is 2.60. The zero-order chi connectivity index (χ0) is 26.6. The number of fused-ring (bicyclic) bond motifs is 1. The topological polar surface area (TPSA) is 190 Å². The second kappa shape index (κ2) is 11.4. The Kier molecular flexibility index (Phi) is 7.81. The number of aryl methyl sites for hydroxylation is 1. The molecule has 1 aliphatic heterocycles. The summed E-state index contributed by atoms with van der Waals surface area (Å²) in [6, 6.07) is 11.2. The summed E-state index contributed by atoms with van der Waals surface area (Å²) in [6.07, 6.45) is -1.77. The number of aromatic nitrogens is 5. The van der Waals surface area contributed by atoms with Crippen molar-refractivity contribution in [3.63, 3.8) is 0 Å². The van der Waals surface area contributed by atoms with Gasteiger partial charge in [-0.25, -0.2) is 4.98 Å². The fourth-order valence-corrected chi connectivity index (χ4v) is 4.47. The average molecular weight is 525 g/mol. The monoisotopic (exact) mass is 524 g/mol. The zero-order valence-electron chi connectivity index (χ0n) is 20.9. The Morgan fingerprint density at radius 2 is 1.97 bits per heavy atom. The van der Waals surface area contributed by atoms with Gasteiger partial charge in [-0.1, -0.05) is 42.4 Å². The molecule has 38 heavy (non-hydrogen) atoms. The van der Waals surface area contributed by atoms with E-state index in [0.717, 1.165) is 11.3 Å². The van der Waals surface area contributed by atoms with Gasteiger partial charge >= 0.3 is 0 Å². The van der Waals surface area contributed by atoms with Crippen LogP contribution in [-0.2, 0) is 17.6 Å². The molecule has 202 valence electrons. The quantitative estimate of drug-likeness (QED) is 0.162. The molecule has 0 radical (unpaired) electrons. The first-order valence-corrected chi connectivity index (χ1v) is 12.6. The largest absolute Gasteiger partial charge is 0.394 e. The van der Waals surface area contributed by atoms with Crippen molar-refractivity contribution in [3.8, 4) is 0 Å². The van der Waals surface area contributed by atoms with Crippen molar-refractivity contribution in [1.82, 2.24) is 24.7 Å². The minimum Gasteiger partial charge on any atom is -0.394 e. The summed E-state index contributed by atoms with van der Waals surface area (Å²) in [4.78, 5) is 13.6. The van der Waals surface area contributed by atoms with E-state index in [1.54, 1.807) is 10.6 Å². The van der Waals surface area contributed by atoms with E-state index in [1.807, 2.05) is 37.3 Å². The number of hydrogen-bond acceptors (Lipinski definition) is 12. The van der Waals surface area contributed by atoms with Gasteiger partial charge in [-0.3, -0.25) is 4.57 Å². The summed E-state index contributed by atoms with van der Waals surface area (Å²) < 4.78 is 12.9. The number of ether oxygens (including phenoxy) is 1. The number of benzene rings is 1. The zero-order valence-corrected chi connectivity index (χ0v) is 20.9. The van der Waals surface area contributed by atoms with E-state index in [1.165, 1.54) is 6.33 Å². The van der Waals surface area contributed by atoms with Crippen LogP contribution in [0.3, 0.4) is 0 Å². The summed E-state index contributed by atoms with van der Waals surface area (Å²) in [7, 11) is 0. The van der Waals surface area contributed by atoms with Crippen LogP contribution in [0.15, 0.2) is 47.2 Å². The Balaban J connectivity index is 1.47.